The second-order valence-corrected chi connectivity index (χ2v) is 3.39. The minimum atomic E-state index is -1.77. The van der Waals surface area contributed by atoms with Gasteiger partial charge in [0.25, 0.3) is 6.36 Å². The number of aliphatic hydroxyl groups is 1. The highest BCUT2D eigenvalue weighted by Crippen LogP contribution is 2.37. The summed E-state index contributed by atoms with van der Waals surface area (Å²) in [6.07, 6.45) is -3.11. The molecule has 2 unspecified atom stereocenters. The van der Waals surface area contributed by atoms with Crippen LogP contribution < -0.4 is 4.74 Å². The van der Waals surface area contributed by atoms with Crippen LogP contribution in [0.4, 0.5) is 4.39 Å². The number of benzene rings is 1. The monoisotopic (exact) mass is 226 g/mol. The van der Waals surface area contributed by atoms with E-state index < -0.39 is 18.4 Å². The fourth-order valence-electron chi connectivity index (χ4n) is 1.56. The molecule has 0 amide bonds. The van der Waals surface area contributed by atoms with Crippen LogP contribution in [0.5, 0.6) is 5.75 Å². The van der Waals surface area contributed by atoms with Crippen molar-refractivity contribution in [1.82, 2.24) is 0 Å². The summed E-state index contributed by atoms with van der Waals surface area (Å²) in [4.78, 5) is 11.4. The van der Waals surface area contributed by atoms with E-state index in [1.165, 1.54) is 18.2 Å². The van der Waals surface area contributed by atoms with Crippen molar-refractivity contribution in [1.29, 1.82) is 0 Å². The van der Waals surface area contributed by atoms with Gasteiger partial charge < -0.3 is 14.6 Å². The fourth-order valence-corrected chi connectivity index (χ4v) is 1.56. The average Bonchev–Trinajstić information content (AvgIpc) is 2.55. The lowest BCUT2D eigenvalue weighted by Crippen LogP contribution is -2.11. The highest BCUT2D eigenvalue weighted by molar-refractivity contribution is 5.90. The predicted octanol–water partition coefficient (Wildman–Crippen LogP) is 1.58. The molecule has 1 aromatic rings. The first kappa shape index (κ1) is 10.9. The zero-order valence-corrected chi connectivity index (χ0v) is 8.64. The van der Waals surface area contributed by atoms with Gasteiger partial charge in [-0.25, -0.2) is 4.79 Å². The van der Waals surface area contributed by atoms with Crippen molar-refractivity contribution in [2.75, 3.05) is 6.61 Å². The molecule has 2 atom stereocenters. The first-order valence-electron chi connectivity index (χ1n) is 4.93. The lowest BCUT2D eigenvalue weighted by molar-refractivity contribution is -0.0212. The molecule has 1 N–H and O–H groups in total. The number of carbonyl (C=O) groups excluding carboxylic acids is 1. The van der Waals surface area contributed by atoms with Crippen molar-refractivity contribution < 1.29 is 23.8 Å². The Balaban J connectivity index is 2.30. The maximum Gasteiger partial charge on any atom is 0.338 e. The Bertz CT molecular complexity index is 418. The maximum absolute atomic E-state index is 13.0. The van der Waals surface area contributed by atoms with Crippen LogP contribution in [0.25, 0.3) is 0 Å². The van der Waals surface area contributed by atoms with E-state index in [4.69, 9.17) is 9.47 Å². The van der Waals surface area contributed by atoms with E-state index in [1.807, 2.05) is 0 Å². The van der Waals surface area contributed by atoms with Gasteiger partial charge in [0.1, 0.15) is 11.9 Å². The molecule has 2 rings (SSSR count). The van der Waals surface area contributed by atoms with Gasteiger partial charge >= 0.3 is 5.97 Å². The summed E-state index contributed by atoms with van der Waals surface area (Å²) in [5.41, 5.74) is 0.551. The van der Waals surface area contributed by atoms with Crippen molar-refractivity contribution in [3.05, 3.63) is 29.3 Å². The van der Waals surface area contributed by atoms with Crippen LogP contribution in [0.2, 0.25) is 0 Å². The van der Waals surface area contributed by atoms with Gasteiger partial charge in [0.15, 0.2) is 0 Å². The topological polar surface area (TPSA) is 55.8 Å². The van der Waals surface area contributed by atoms with Gasteiger partial charge in [-0.15, -0.1) is 0 Å². The minimum absolute atomic E-state index is 0.257. The molecule has 1 aromatic carbocycles. The largest absolute Gasteiger partial charge is 0.462 e. The molecule has 0 spiro atoms. The van der Waals surface area contributed by atoms with Crippen molar-refractivity contribution in [2.24, 2.45) is 0 Å². The molecular formula is C11H11FO4. The number of aliphatic hydroxyl groups excluding tert-OH is 1. The van der Waals surface area contributed by atoms with E-state index in [9.17, 15) is 14.3 Å². The van der Waals surface area contributed by atoms with Crippen LogP contribution in [0.15, 0.2) is 18.2 Å². The van der Waals surface area contributed by atoms with Crippen molar-refractivity contribution in [3.8, 4) is 5.75 Å². The molecule has 0 bridgehead atoms. The summed E-state index contributed by atoms with van der Waals surface area (Å²) in [6, 6.07) is 4.31. The molecule has 0 aliphatic carbocycles. The third-order valence-corrected chi connectivity index (χ3v) is 2.33. The maximum atomic E-state index is 13.0. The first-order chi connectivity index (χ1) is 7.63. The molecular weight excluding hydrogens is 215 g/mol. The summed E-state index contributed by atoms with van der Waals surface area (Å²) in [6.45, 7) is 1.96. The van der Waals surface area contributed by atoms with E-state index in [2.05, 4.69) is 0 Å². The van der Waals surface area contributed by atoms with E-state index in [0.29, 0.717) is 0 Å². The van der Waals surface area contributed by atoms with Gasteiger partial charge in [-0.2, -0.15) is 4.39 Å². The molecule has 1 aliphatic rings. The molecule has 86 valence electrons. The number of esters is 1. The van der Waals surface area contributed by atoms with E-state index >= 15 is 0 Å². The third kappa shape index (κ3) is 1.74. The van der Waals surface area contributed by atoms with Gasteiger partial charge in [0.2, 0.25) is 0 Å². The number of fused-ring (bicyclic) bond motifs is 1. The Labute approximate surface area is 91.6 Å². The minimum Gasteiger partial charge on any atom is -0.462 e. The lowest BCUT2D eigenvalue weighted by atomic mass is 10.1. The van der Waals surface area contributed by atoms with Crippen LogP contribution in [0, 0.1) is 0 Å². The molecule has 1 heterocycles. The fraction of sp³-hybridized carbons (Fsp3) is 0.364. The molecule has 0 saturated heterocycles. The summed E-state index contributed by atoms with van der Waals surface area (Å²) in [5.74, 6) is -0.243. The van der Waals surface area contributed by atoms with E-state index in [-0.39, 0.29) is 23.5 Å². The standard InChI is InChI=1S/C11H11FO4/c1-2-15-11(14)6-3-4-8-7(5-6)9(13)10(12)16-8/h3-5,9-10,13H,2H2,1H3. The van der Waals surface area contributed by atoms with Crippen molar-refractivity contribution >= 4 is 5.97 Å². The lowest BCUT2D eigenvalue weighted by Gasteiger charge is -2.04. The van der Waals surface area contributed by atoms with E-state index in [1.54, 1.807) is 6.92 Å². The van der Waals surface area contributed by atoms with Crippen LogP contribution in [0.3, 0.4) is 0 Å². The van der Waals surface area contributed by atoms with Gasteiger partial charge in [0.05, 0.1) is 12.2 Å². The Morgan fingerprint density at radius 1 is 1.62 bits per heavy atom. The second kappa shape index (κ2) is 4.09. The van der Waals surface area contributed by atoms with Crippen LogP contribution in [-0.2, 0) is 4.74 Å². The Kier molecular flexibility index (Phi) is 2.78. The predicted molar refractivity (Wildman–Crippen MR) is 52.9 cm³/mol. The molecule has 0 aromatic heterocycles. The Morgan fingerprint density at radius 2 is 2.38 bits per heavy atom. The summed E-state index contributed by atoms with van der Waals surface area (Å²) in [7, 11) is 0. The summed E-state index contributed by atoms with van der Waals surface area (Å²) in [5, 5.41) is 9.43. The second-order valence-electron chi connectivity index (χ2n) is 3.39. The number of ether oxygens (including phenoxy) is 2. The van der Waals surface area contributed by atoms with Crippen LogP contribution in [0.1, 0.15) is 28.9 Å². The Morgan fingerprint density at radius 3 is 3.06 bits per heavy atom. The number of carbonyl (C=O) groups is 1. The first-order valence-corrected chi connectivity index (χ1v) is 4.93. The van der Waals surface area contributed by atoms with Gasteiger partial charge in [-0.05, 0) is 25.1 Å². The third-order valence-electron chi connectivity index (χ3n) is 2.33. The number of hydrogen-bond donors (Lipinski definition) is 1. The molecule has 0 radical (unpaired) electrons. The molecule has 0 fully saturated rings. The smallest absolute Gasteiger partial charge is 0.338 e. The molecule has 16 heavy (non-hydrogen) atoms. The summed E-state index contributed by atoms with van der Waals surface area (Å²) >= 11 is 0. The highest BCUT2D eigenvalue weighted by atomic mass is 19.1. The number of alkyl halides is 1. The number of rotatable bonds is 2. The Hall–Kier alpha value is -1.62. The molecule has 0 saturated carbocycles. The van der Waals surface area contributed by atoms with Crippen molar-refractivity contribution in [3.63, 3.8) is 0 Å². The highest BCUT2D eigenvalue weighted by Gasteiger charge is 2.33. The molecule has 4 nitrogen and oxygen atoms in total. The zero-order chi connectivity index (χ0) is 11.7. The molecule has 5 heteroatoms. The van der Waals surface area contributed by atoms with Gasteiger partial charge in [0, 0.05) is 5.56 Å². The van der Waals surface area contributed by atoms with Crippen LogP contribution >= 0.6 is 0 Å². The van der Waals surface area contributed by atoms with Crippen LogP contribution in [-0.4, -0.2) is 24.0 Å². The quantitative estimate of drug-likeness (QED) is 0.778. The number of halogens is 1. The van der Waals surface area contributed by atoms with Gasteiger partial charge in [-0.1, -0.05) is 0 Å². The van der Waals surface area contributed by atoms with E-state index in [0.717, 1.165) is 0 Å². The SMILES string of the molecule is CCOC(=O)c1ccc2c(c1)C(O)C(F)O2. The average molecular weight is 226 g/mol. The zero-order valence-electron chi connectivity index (χ0n) is 8.64. The van der Waals surface area contributed by atoms with Gasteiger partial charge in [-0.3, -0.25) is 0 Å². The molecule has 1 aliphatic heterocycles. The normalized spacial score (nSPS) is 22.4. The number of hydrogen-bond acceptors (Lipinski definition) is 4. The van der Waals surface area contributed by atoms with Crippen molar-refractivity contribution in [2.45, 2.75) is 19.4 Å². The summed E-state index contributed by atoms with van der Waals surface area (Å²) < 4.78 is 22.5.